The molecule has 0 amide bonds. The Bertz CT molecular complexity index is 453. The first-order chi connectivity index (χ1) is 17.2. The van der Waals surface area contributed by atoms with E-state index in [-0.39, 0.29) is 0 Å². The fourth-order valence-corrected chi connectivity index (χ4v) is 4.29. The van der Waals surface area contributed by atoms with Crippen molar-refractivity contribution in [3.63, 3.8) is 0 Å². The van der Waals surface area contributed by atoms with E-state index in [1.807, 2.05) is 0 Å². The highest BCUT2D eigenvalue weighted by Gasteiger charge is 2.06. The number of allylic oxidation sites excluding steroid dienone is 4. The molecule has 4 nitrogen and oxygen atoms in total. The highest BCUT2D eigenvalue weighted by atomic mass is 16.5. The molecule has 0 radical (unpaired) electrons. The average molecular weight is 496 g/mol. The maximum atomic E-state index is 9.06. The Kier molecular flexibility index (Phi) is 29.0. The molecule has 0 aromatic rings. The van der Waals surface area contributed by atoms with E-state index in [0.29, 0.717) is 19.3 Å². The van der Waals surface area contributed by atoms with Crippen LogP contribution in [0.2, 0.25) is 0 Å². The summed E-state index contributed by atoms with van der Waals surface area (Å²) in [6.45, 7) is 9.30. The van der Waals surface area contributed by atoms with Crippen molar-refractivity contribution in [2.24, 2.45) is 0 Å². The third kappa shape index (κ3) is 27.7. The van der Waals surface area contributed by atoms with Crippen LogP contribution in [0.3, 0.4) is 0 Å². The SMILES string of the molecule is CCC/C=C\C/C=C\CCCCCCCC(C)OCCCCN(CCCCO)CCCCCCO. The summed E-state index contributed by atoms with van der Waals surface area (Å²) in [7, 11) is 0. The topological polar surface area (TPSA) is 52.9 Å². The minimum atomic E-state index is 0.296. The summed E-state index contributed by atoms with van der Waals surface area (Å²) in [5, 5.41) is 18.0. The third-order valence-corrected chi connectivity index (χ3v) is 6.58. The fraction of sp³-hybridized carbons (Fsp3) is 0.871. The van der Waals surface area contributed by atoms with E-state index in [1.54, 1.807) is 0 Å². The van der Waals surface area contributed by atoms with Crippen molar-refractivity contribution in [1.29, 1.82) is 0 Å². The Labute approximate surface area is 219 Å². The number of aliphatic hydroxyl groups excluding tert-OH is 2. The lowest BCUT2D eigenvalue weighted by atomic mass is 10.1. The molecule has 0 fully saturated rings. The molecule has 0 bridgehead atoms. The van der Waals surface area contributed by atoms with Gasteiger partial charge >= 0.3 is 0 Å². The second-order valence-electron chi connectivity index (χ2n) is 10.1. The smallest absolute Gasteiger partial charge is 0.0547 e. The van der Waals surface area contributed by atoms with Gasteiger partial charge in [-0.05, 0) is 97.2 Å². The Morgan fingerprint density at radius 2 is 1.17 bits per heavy atom. The summed E-state index contributed by atoms with van der Waals surface area (Å²) in [5.41, 5.74) is 0. The first-order valence-corrected chi connectivity index (χ1v) is 15.1. The van der Waals surface area contributed by atoms with Gasteiger partial charge in [-0.25, -0.2) is 0 Å². The summed E-state index contributed by atoms with van der Waals surface area (Å²) >= 11 is 0. The molecule has 0 saturated carbocycles. The van der Waals surface area contributed by atoms with Gasteiger partial charge < -0.3 is 19.8 Å². The van der Waals surface area contributed by atoms with E-state index < -0.39 is 0 Å². The number of rotatable bonds is 28. The van der Waals surface area contributed by atoms with E-state index >= 15 is 0 Å². The predicted molar refractivity (Wildman–Crippen MR) is 153 cm³/mol. The second kappa shape index (κ2) is 29.5. The minimum absolute atomic E-state index is 0.296. The first-order valence-electron chi connectivity index (χ1n) is 15.1. The van der Waals surface area contributed by atoms with Gasteiger partial charge in [-0.1, -0.05) is 76.2 Å². The summed E-state index contributed by atoms with van der Waals surface area (Å²) in [6, 6.07) is 0. The van der Waals surface area contributed by atoms with Crippen molar-refractivity contribution < 1.29 is 14.9 Å². The van der Waals surface area contributed by atoms with Gasteiger partial charge in [-0.2, -0.15) is 0 Å². The summed E-state index contributed by atoms with van der Waals surface area (Å²) in [6.07, 6.45) is 30.9. The van der Waals surface area contributed by atoms with Gasteiger partial charge in [0.25, 0.3) is 0 Å². The molecule has 2 N–H and O–H groups in total. The van der Waals surface area contributed by atoms with Crippen molar-refractivity contribution in [3.05, 3.63) is 24.3 Å². The van der Waals surface area contributed by atoms with Crippen molar-refractivity contribution in [2.75, 3.05) is 39.5 Å². The van der Waals surface area contributed by atoms with Crippen LogP contribution in [0.5, 0.6) is 0 Å². The average Bonchev–Trinajstić information content (AvgIpc) is 2.86. The molecule has 1 unspecified atom stereocenters. The molecule has 0 aliphatic rings. The van der Waals surface area contributed by atoms with Crippen LogP contribution >= 0.6 is 0 Å². The van der Waals surface area contributed by atoms with Crippen molar-refractivity contribution >= 4 is 0 Å². The highest BCUT2D eigenvalue weighted by molar-refractivity contribution is 4.92. The summed E-state index contributed by atoms with van der Waals surface area (Å²) < 4.78 is 6.06. The molecular weight excluding hydrogens is 434 g/mol. The molecule has 0 saturated heterocycles. The molecule has 35 heavy (non-hydrogen) atoms. The molecule has 0 rings (SSSR count). The maximum Gasteiger partial charge on any atom is 0.0547 e. The zero-order valence-corrected chi connectivity index (χ0v) is 23.6. The number of aliphatic hydroxyl groups is 2. The Morgan fingerprint density at radius 3 is 1.89 bits per heavy atom. The van der Waals surface area contributed by atoms with E-state index in [2.05, 4.69) is 43.1 Å². The standard InChI is InChI=1S/C31H61NO3/c1-3-4-5-6-7-8-9-10-11-12-13-14-17-24-31(2)35-30-23-20-27-32(26-19-22-29-34)25-18-15-16-21-28-33/h5-6,8-9,31,33-34H,3-4,7,10-30H2,1-2H3/b6-5-,9-8-. The number of hydrogen-bond acceptors (Lipinski definition) is 4. The highest BCUT2D eigenvalue weighted by Crippen LogP contribution is 2.12. The number of hydrogen-bond donors (Lipinski definition) is 2. The van der Waals surface area contributed by atoms with Crippen molar-refractivity contribution in [2.45, 2.75) is 136 Å². The number of nitrogens with zero attached hydrogens (tertiary/aromatic N) is 1. The third-order valence-electron chi connectivity index (χ3n) is 6.58. The maximum absolute atomic E-state index is 9.06. The van der Waals surface area contributed by atoms with Gasteiger partial charge in [0, 0.05) is 19.8 Å². The Morgan fingerprint density at radius 1 is 0.629 bits per heavy atom. The molecule has 0 aromatic heterocycles. The van der Waals surface area contributed by atoms with Gasteiger partial charge in [0.2, 0.25) is 0 Å². The number of unbranched alkanes of at least 4 members (excludes halogenated alkanes) is 11. The summed E-state index contributed by atoms with van der Waals surface area (Å²) in [4.78, 5) is 2.55. The van der Waals surface area contributed by atoms with Crippen LogP contribution in [0.1, 0.15) is 129 Å². The molecule has 0 aliphatic carbocycles. The van der Waals surface area contributed by atoms with E-state index in [0.717, 1.165) is 64.8 Å². The van der Waals surface area contributed by atoms with E-state index in [9.17, 15) is 0 Å². The lowest BCUT2D eigenvalue weighted by Crippen LogP contribution is -2.27. The first kappa shape index (κ1) is 34.3. The Balaban J connectivity index is 3.62. The lowest BCUT2D eigenvalue weighted by molar-refractivity contribution is 0.0545. The molecule has 1 atom stereocenters. The monoisotopic (exact) mass is 495 g/mol. The van der Waals surface area contributed by atoms with E-state index in [4.69, 9.17) is 14.9 Å². The quantitative estimate of drug-likeness (QED) is 0.0857. The van der Waals surface area contributed by atoms with E-state index in [1.165, 1.54) is 77.0 Å². The molecule has 0 heterocycles. The summed E-state index contributed by atoms with van der Waals surface area (Å²) in [5.74, 6) is 0. The van der Waals surface area contributed by atoms with Crippen LogP contribution in [0, 0.1) is 0 Å². The molecule has 0 aromatic carbocycles. The van der Waals surface area contributed by atoms with Gasteiger partial charge in [-0.3, -0.25) is 0 Å². The fourth-order valence-electron chi connectivity index (χ4n) is 4.29. The van der Waals surface area contributed by atoms with Crippen LogP contribution in [-0.2, 0) is 4.74 Å². The minimum Gasteiger partial charge on any atom is -0.396 e. The van der Waals surface area contributed by atoms with Gasteiger partial charge in [0.1, 0.15) is 0 Å². The molecule has 208 valence electrons. The van der Waals surface area contributed by atoms with Crippen LogP contribution < -0.4 is 0 Å². The van der Waals surface area contributed by atoms with Gasteiger partial charge in [-0.15, -0.1) is 0 Å². The van der Waals surface area contributed by atoms with Gasteiger partial charge in [0.05, 0.1) is 6.10 Å². The van der Waals surface area contributed by atoms with Crippen molar-refractivity contribution in [3.8, 4) is 0 Å². The molecular formula is C31H61NO3. The molecule has 0 aliphatic heterocycles. The lowest BCUT2D eigenvalue weighted by Gasteiger charge is -2.22. The van der Waals surface area contributed by atoms with Crippen molar-refractivity contribution in [1.82, 2.24) is 4.90 Å². The molecule has 0 spiro atoms. The Hall–Kier alpha value is -0.680. The van der Waals surface area contributed by atoms with Gasteiger partial charge in [0.15, 0.2) is 0 Å². The second-order valence-corrected chi connectivity index (χ2v) is 10.1. The zero-order chi connectivity index (χ0) is 25.7. The normalized spacial score (nSPS) is 13.1. The molecule has 4 heteroatoms. The predicted octanol–water partition coefficient (Wildman–Crippen LogP) is 7.83. The van der Waals surface area contributed by atoms with Crippen LogP contribution in [0.25, 0.3) is 0 Å². The van der Waals surface area contributed by atoms with Crippen LogP contribution in [-0.4, -0.2) is 60.7 Å². The zero-order valence-electron chi connectivity index (χ0n) is 23.6. The largest absolute Gasteiger partial charge is 0.396 e. The van der Waals surface area contributed by atoms with Crippen LogP contribution in [0.15, 0.2) is 24.3 Å². The number of ether oxygens (including phenoxy) is 1. The van der Waals surface area contributed by atoms with Crippen LogP contribution in [0.4, 0.5) is 0 Å².